The molecular formula is C12H17ClN2O2. The summed E-state index contributed by atoms with van der Waals surface area (Å²) in [5, 5.41) is 3.10. The first-order valence-corrected chi connectivity index (χ1v) is 6.03. The van der Waals surface area contributed by atoms with Gasteiger partial charge in [-0.15, -0.1) is 0 Å². The van der Waals surface area contributed by atoms with Crippen molar-refractivity contribution in [1.29, 1.82) is 0 Å². The molecule has 0 saturated carbocycles. The average molecular weight is 257 g/mol. The molecule has 0 aliphatic carbocycles. The second-order valence-corrected chi connectivity index (χ2v) is 4.70. The number of aromatic amines is 1. The van der Waals surface area contributed by atoms with Crippen molar-refractivity contribution in [3.63, 3.8) is 0 Å². The van der Waals surface area contributed by atoms with Gasteiger partial charge in [0.2, 0.25) is 0 Å². The second-order valence-electron chi connectivity index (χ2n) is 4.30. The van der Waals surface area contributed by atoms with E-state index in [0.29, 0.717) is 29.6 Å². The molecule has 0 spiro atoms. The van der Waals surface area contributed by atoms with Crippen LogP contribution in [0.5, 0.6) is 0 Å². The fraction of sp³-hybridized carbons (Fsp3) is 0.500. The Kier molecular flexibility index (Phi) is 4.75. The molecule has 5 heteroatoms. The van der Waals surface area contributed by atoms with Gasteiger partial charge < -0.3 is 10.3 Å². The lowest BCUT2D eigenvalue weighted by Crippen LogP contribution is -2.32. The topological polar surface area (TPSA) is 62.0 Å². The maximum absolute atomic E-state index is 11.7. The Morgan fingerprint density at radius 1 is 1.53 bits per heavy atom. The Bertz CT molecular complexity index is 466. The van der Waals surface area contributed by atoms with Gasteiger partial charge in [0.15, 0.2) is 0 Å². The minimum Gasteiger partial charge on any atom is -0.352 e. The van der Waals surface area contributed by atoms with Gasteiger partial charge in [0.25, 0.3) is 11.5 Å². The third-order valence-electron chi connectivity index (χ3n) is 2.34. The fourth-order valence-corrected chi connectivity index (χ4v) is 1.65. The summed E-state index contributed by atoms with van der Waals surface area (Å²) in [5.74, 6) is -0.0482. The van der Waals surface area contributed by atoms with E-state index in [4.69, 9.17) is 11.6 Å². The highest BCUT2D eigenvalue weighted by Gasteiger charge is 2.13. The van der Waals surface area contributed by atoms with Crippen LogP contribution in [-0.2, 0) is 6.42 Å². The van der Waals surface area contributed by atoms with Crippen molar-refractivity contribution >= 4 is 17.5 Å². The van der Waals surface area contributed by atoms with Crippen LogP contribution in [0.15, 0.2) is 10.9 Å². The van der Waals surface area contributed by atoms with Gasteiger partial charge in [-0.3, -0.25) is 9.59 Å². The van der Waals surface area contributed by atoms with E-state index in [9.17, 15) is 9.59 Å². The zero-order valence-electron chi connectivity index (χ0n) is 10.3. The first kappa shape index (κ1) is 13.8. The second kappa shape index (κ2) is 5.87. The first-order valence-electron chi connectivity index (χ1n) is 5.65. The predicted molar refractivity (Wildman–Crippen MR) is 68.6 cm³/mol. The number of hydrogen-bond donors (Lipinski definition) is 2. The van der Waals surface area contributed by atoms with Gasteiger partial charge in [-0.2, -0.15) is 0 Å². The maximum Gasteiger partial charge on any atom is 0.261 e. The molecule has 0 unspecified atom stereocenters. The molecule has 0 atom stereocenters. The van der Waals surface area contributed by atoms with Crippen molar-refractivity contribution in [2.45, 2.75) is 27.2 Å². The zero-order valence-corrected chi connectivity index (χ0v) is 11.0. The molecule has 0 radical (unpaired) electrons. The summed E-state index contributed by atoms with van der Waals surface area (Å²) in [6.07, 6.45) is 0.627. The predicted octanol–water partition coefficient (Wildman–Crippen LogP) is 1.98. The van der Waals surface area contributed by atoms with Crippen LogP contribution in [0.25, 0.3) is 0 Å². The highest BCUT2D eigenvalue weighted by Crippen LogP contribution is 2.13. The minimum atomic E-state index is -0.396. The van der Waals surface area contributed by atoms with Crippen molar-refractivity contribution in [2.24, 2.45) is 5.92 Å². The van der Waals surface area contributed by atoms with E-state index >= 15 is 0 Å². The molecule has 0 fully saturated rings. The molecule has 0 saturated heterocycles. The molecular weight excluding hydrogens is 240 g/mol. The van der Waals surface area contributed by atoms with Crippen molar-refractivity contribution < 1.29 is 4.79 Å². The average Bonchev–Trinajstić information content (AvgIpc) is 2.28. The van der Waals surface area contributed by atoms with Crippen LogP contribution in [0.4, 0.5) is 0 Å². The molecule has 4 nitrogen and oxygen atoms in total. The van der Waals surface area contributed by atoms with E-state index in [1.165, 1.54) is 6.07 Å². The SMILES string of the molecule is CCc1[nH]c(=O)c(C(=O)NCC(C)C)cc1Cl. The Morgan fingerprint density at radius 2 is 2.18 bits per heavy atom. The lowest BCUT2D eigenvalue weighted by molar-refractivity contribution is 0.0947. The first-order chi connectivity index (χ1) is 7.95. The molecule has 1 heterocycles. The molecule has 1 rings (SSSR count). The molecule has 1 aromatic rings. The molecule has 2 N–H and O–H groups in total. The molecule has 94 valence electrons. The van der Waals surface area contributed by atoms with E-state index < -0.39 is 5.56 Å². The number of aromatic nitrogens is 1. The smallest absolute Gasteiger partial charge is 0.261 e. The number of H-pyrrole nitrogens is 1. The largest absolute Gasteiger partial charge is 0.352 e. The van der Waals surface area contributed by atoms with Crippen molar-refractivity contribution in [3.8, 4) is 0 Å². The Morgan fingerprint density at radius 3 is 2.71 bits per heavy atom. The lowest BCUT2D eigenvalue weighted by Gasteiger charge is -2.08. The highest BCUT2D eigenvalue weighted by molar-refractivity contribution is 6.31. The minimum absolute atomic E-state index is 0.0628. The summed E-state index contributed by atoms with van der Waals surface area (Å²) >= 11 is 5.96. The Labute approximate surface area is 105 Å². The fourth-order valence-electron chi connectivity index (χ4n) is 1.36. The third-order valence-corrected chi connectivity index (χ3v) is 2.67. The van der Waals surface area contributed by atoms with Crippen LogP contribution in [0.3, 0.4) is 0 Å². The van der Waals surface area contributed by atoms with Gasteiger partial charge in [0, 0.05) is 12.2 Å². The summed E-state index contributed by atoms with van der Waals surface area (Å²) in [7, 11) is 0. The summed E-state index contributed by atoms with van der Waals surface area (Å²) < 4.78 is 0. The number of aryl methyl sites for hydroxylation is 1. The van der Waals surface area contributed by atoms with E-state index in [1.54, 1.807) is 0 Å². The number of carbonyl (C=O) groups excluding carboxylic acids is 1. The standard InChI is InChI=1S/C12H17ClN2O2/c1-4-10-9(13)5-8(12(17)15-10)11(16)14-6-7(2)3/h5,7H,4,6H2,1-3H3,(H,14,16)(H,15,17). The molecule has 0 aliphatic heterocycles. The summed E-state index contributed by atoms with van der Waals surface area (Å²) in [5.41, 5.74) is 0.317. The van der Waals surface area contributed by atoms with Crippen LogP contribution in [0, 0.1) is 5.92 Å². The van der Waals surface area contributed by atoms with Crippen LogP contribution in [0.1, 0.15) is 36.8 Å². The molecule has 17 heavy (non-hydrogen) atoms. The lowest BCUT2D eigenvalue weighted by atomic mass is 10.2. The Hall–Kier alpha value is -1.29. The zero-order chi connectivity index (χ0) is 13.0. The van der Waals surface area contributed by atoms with Crippen molar-refractivity contribution in [3.05, 3.63) is 32.7 Å². The van der Waals surface area contributed by atoms with E-state index in [2.05, 4.69) is 10.3 Å². The van der Waals surface area contributed by atoms with Gasteiger partial charge in [0.05, 0.1) is 5.02 Å². The van der Waals surface area contributed by atoms with Crippen LogP contribution < -0.4 is 10.9 Å². The van der Waals surface area contributed by atoms with Crippen molar-refractivity contribution in [1.82, 2.24) is 10.3 Å². The van der Waals surface area contributed by atoms with Gasteiger partial charge in [-0.25, -0.2) is 0 Å². The van der Waals surface area contributed by atoms with Crippen LogP contribution in [-0.4, -0.2) is 17.4 Å². The van der Waals surface area contributed by atoms with E-state index in [1.807, 2.05) is 20.8 Å². The van der Waals surface area contributed by atoms with E-state index in [-0.39, 0.29) is 11.5 Å². The number of amides is 1. The quantitative estimate of drug-likeness (QED) is 0.865. The van der Waals surface area contributed by atoms with Crippen LogP contribution in [0.2, 0.25) is 5.02 Å². The highest BCUT2D eigenvalue weighted by atomic mass is 35.5. The Balaban J connectivity index is 2.95. The van der Waals surface area contributed by atoms with E-state index in [0.717, 1.165) is 0 Å². The number of hydrogen-bond acceptors (Lipinski definition) is 2. The number of halogens is 1. The number of pyridine rings is 1. The third kappa shape index (κ3) is 3.60. The molecule has 1 amide bonds. The molecule has 0 aliphatic rings. The number of rotatable bonds is 4. The maximum atomic E-state index is 11.7. The number of nitrogens with one attached hydrogen (secondary N) is 2. The number of carbonyl (C=O) groups is 1. The molecule has 0 aromatic carbocycles. The normalized spacial score (nSPS) is 10.6. The van der Waals surface area contributed by atoms with Gasteiger partial charge in [-0.05, 0) is 18.4 Å². The van der Waals surface area contributed by atoms with Crippen LogP contribution >= 0.6 is 11.6 Å². The van der Waals surface area contributed by atoms with Gasteiger partial charge in [0.1, 0.15) is 5.56 Å². The van der Waals surface area contributed by atoms with Gasteiger partial charge in [-0.1, -0.05) is 32.4 Å². The monoisotopic (exact) mass is 256 g/mol. The molecule has 0 bridgehead atoms. The van der Waals surface area contributed by atoms with Crippen molar-refractivity contribution in [2.75, 3.05) is 6.54 Å². The summed E-state index contributed by atoms with van der Waals surface area (Å²) in [6, 6.07) is 1.43. The summed E-state index contributed by atoms with van der Waals surface area (Å²) in [6.45, 7) is 6.39. The molecule has 1 aromatic heterocycles. The van der Waals surface area contributed by atoms with Gasteiger partial charge >= 0.3 is 0 Å². The summed E-state index contributed by atoms with van der Waals surface area (Å²) in [4.78, 5) is 26.0.